The van der Waals surface area contributed by atoms with Crippen LogP contribution in [0.5, 0.6) is 11.5 Å². The lowest BCUT2D eigenvalue weighted by molar-refractivity contribution is 0.449. The van der Waals surface area contributed by atoms with E-state index in [9.17, 15) is 24.8 Å². The van der Waals surface area contributed by atoms with Crippen LogP contribution >= 0.6 is 0 Å². The van der Waals surface area contributed by atoms with Gasteiger partial charge < -0.3 is 14.6 Å². The van der Waals surface area contributed by atoms with E-state index in [1.807, 2.05) is 0 Å². The molecule has 0 spiro atoms. The third-order valence-corrected chi connectivity index (χ3v) is 3.31. The molecule has 114 valence electrons. The summed E-state index contributed by atoms with van der Waals surface area (Å²) in [4.78, 5) is 33.7. The summed E-state index contributed by atoms with van der Waals surface area (Å²) in [5.41, 5.74) is -1.04. The molecule has 0 fully saturated rings. The van der Waals surface area contributed by atoms with Crippen LogP contribution in [0, 0.1) is 9.81 Å². The van der Waals surface area contributed by atoms with Crippen molar-refractivity contribution in [2.24, 2.45) is 10.4 Å². The zero-order chi connectivity index (χ0) is 16.6. The molecule has 0 bridgehead atoms. The quantitative estimate of drug-likeness (QED) is 0.710. The first-order chi connectivity index (χ1) is 11.1. The Balaban J connectivity index is 2.36. The maximum Gasteiger partial charge on any atom is 0.237 e. The van der Waals surface area contributed by atoms with Gasteiger partial charge in [-0.2, -0.15) is 0 Å². The first-order valence-corrected chi connectivity index (χ1v) is 6.35. The maximum absolute atomic E-state index is 12.3. The van der Waals surface area contributed by atoms with E-state index in [-0.39, 0.29) is 39.4 Å². The normalized spacial score (nSPS) is 10.6. The largest absolute Gasteiger partial charge is 0.506 e. The van der Waals surface area contributed by atoms with Crippen LogP contribution in [0.4, 0.5) is 11.4 Å². The second kappa shape index (κ2) is 5.34. The second-order valence-corrected chi connectivity index (χ2v) is 4.65. The summed E-state index contributed by atoms with van der Waals surface area (Å²) in [6.45, 7) is 0. The molecule has 0 saturated heterocycles. The number of phenols is 1. The summed E-state index contributed by atoms with van der Waals surface area (Å²) < 4.78 is 5.47. The molecule has 0 radical (unpaired) electrons. The fraction of sp³-hybridized carbons (Fsp3) is 0. The summed E-state index contributed by atoms with van der Waals surface area (Å²) in [6.07, 6.45) is 0. The van der Waals surface area contributed by atoms with Crippen LogP contribution in [-0.4, -0.2) is 10.2 Å². The number of hydrogen-bond donors (Lipinski definition) is 2. The van der Waals surface area contributed by atoms with Crippen LogP contribution in [0.3, 0.4) is 0 Å². The lowest BCUT2D eigenvalue weighted by Crippen LogP contribution is -2.02. The molecule has 0 aliphatic rings. The molecule has 0 atom stereocenters. The number of nitroso groups, excluding NO2 is 2. The molecule has 3 aromatic rings. The molecule has 1 heterocycles. The molecule has 8 heteroatoms. The van der Waals surface area contributed by atoms with Gasteiger partial charge >= 0.3 is 0 Å². The number of phenolic OH excluding ortho intramolecular Hbond substituents is 1. The van der Waals surface area contributed by atoms with Crippen LogP contribution in [-0.2, 0) is 0 Å². The molecule has 0 aliphatic heterocycles. The van der Waals surface area contributed by atoms with Crippen LogP contribution < -0.4 is 5.43 Å². The molecule has 3 rings (SSSR count). The fourth-order valence-electron chi connectivity index (χ4n) is 2.22. The minimum atomic E-state index is -0.829. The minimum absolute atomic E-state index is 0.0496. The molecular weight excluding hydrogens is 304 g/mol. The van der Waals surface area contributed by atoms with Gasteiger partial charge in [-0.25, -0.2) is 0 Å². The van der Waals surface area contributed by atoms with Crippen molar-refractivity contribution in [1.29, 1.82) is 0 Å². The van der Waals surface area contributed by atoms with Crippen molar-refractivity contribution in [2.75, 3.05) is 0 Å². The standard InChI is InChI=1S/C15H8N2O6/c18-10-5-4-7(6-9(10)17-22)15-14(20)13(19)12-8(16-21)2-1-3-11(12)23-15/h1-6,18,20H. The fourth-order valence-corrected chi connectivity index (χ4v) is 2.22. The Labute approximate surface area is 127 Å². The summed E-state index contributed by atoms with van der Waals surface area (Å²) >= 11 is 0. The third-order valence-electron chi connectivity index (χ3n) is 3.31. The highest BCUT2D eigenvalue weighted by Gasteiger charge is 2.19. The highest BCUT2D eigenvalue weighted by atomic mass is 16.4. The summed E-state index contributed by atoms with van der Waals surface area (Å²) in [7, 11) is 0. The summed E-state index contributed by atoms with van der Waals surface area (Å²) in [6, 6.07) is 7.91. The van der Waals surface area contributed by atoms with Gasteiger partial charge in [-0.15, -0.1) is 9.81 Å². The molecule has 2 aromatic carbocycles. The van der Waals surface area contributed by atoms with E-state index in [1.165, 1.54) is 30.3 Å². The molecule has 0 amide bonds. The van der Waals surface area contributed by atoms with E-state index >= 15 is 0 Å². The van der Waals surface area contributed by atoms with E-state index in [2.05, 4.69) is 10.4 Å². The van der Waals surface area contributed by atoms with Gasteiger partial charge in [0.1, 0.15) is 22.7 Å². The van der Waals surface area contributed by atoms with Crippen molar-refractivity contribution in [3.05, 3.63) is 56.4 Å². The first-order valence-electron chi connectivity index (χ1n) is 6.35. The van der Waals surface area contributed by atoms with Crippen molar-refractivity contribution < 1.29 is 14.6 Å². The van der Waals surface area contributed by atoms with Crippen molar-refractivity contribution in [3.8, 4) is 22.8 Å². The lowest BCUT2D eigenvalue weighted by atomic mass is 10.1. The van der Waals surface area contributed by atoms with E-state index in [0.717, 1.165) is 6.07 Å². The zero-order valence-corrected chi connectivity index (χ0v) is 11.4. The first kappa shape index (κ1) is 14.4. The Morgan fingerprint density at radius 2 is 1.70 bits per heavy atom. The lowest BCUT2D eigenvalue weighted by Gasteiger charge is -2.07. The average Bonchev–Trinajstić information content (AvgIpc) is 2.58. The number of fused-ring (bicyclic) bond motifs is 1. The Morgan fingerprint density at radius 1 is 0.957 bits per heavy atom. The highest BCUT2D eigenvalue weighted by Crippen LogP contribution is 2.37. The molecule has 0 saturated carbocycles. The predicted octanol–water partition coefficient (Wildman–Crippen LogP) is 3.67. The Bertz CT molecular complexity index is 1010. The number of rotatable bonds is 3. The minimum Gasteiger partial charge on any atom is -0.506 e. The summed E-state index contributed by atoms with van der Waals surface area (Å²) in [5.74, 6) is -1.30. The molecule has 0 unspecified atom stereocenters. The third kappa shape index (κ3) is 2.22. The van der Waals surface area contributed by atoms with E-state index in [4.69, 9.17) is 4.42 Å². The monoisotopic (exact) mass is 312 g/mol. The van der Waals surface area contributed by atoms with Gasteiger partial charge in [-0.1, -0.05) is 6.07 Å². The number of nitrogens with zero attached hydrogens (tertiary/aromatic N) is 2. The van der Waals surface area contributed by atoms with Crippen LogP contribution in [0.2, 0.25) is 0 Å². The highest BCUT2D eigenvalue weighted by molar-refractivity contribution is 5.91. The van der Waals surface area contributed by atoms with E-state index in [1.54, 1.807) is 0 Å². The molecule has 8 nitrogen and oxygen atoms in total. The summed E-state index contributed by atoms with van der Waals surface area (Å²) in [5, 5.41) is 24.8. The van der Waals surface area contributed by atoms with E-state index < -0.39 is 11.2 Å². The van der Waals surface area contributed by atoms with Gasteiger partial charge in [0.2, 0.25) is 11.2 Å². The number of hydrogen-bond acceptors (Lipinski definition) is 8. The molecular formula is C15H8N2O6. The number of benzene rings is 2. The van der Waals surface area contributed by atoms with Gasteiger partial charge in [0.25, 0.3) is 0 Å². The molecule has 2 N–H and O–H groups in total. The van der Waals surface area contributed by atoms with Crippen LogP contribution in [0.15, 0.2) is 56.0 Å². The van der Waals surface area contributed by atoms with Crippen molar-refractivity contribution in [2.45, 2.75) is 0 Å². The molecule has 1 aromatic heterocycles. The second-order valence-electron chi connectivity index (χ2n) is 4.65. The average molecular weight is 312 g/mol. The van der Waals surface area contributed by atoms with Crippen molar-refractivity contribution >= 4 is 22.3 Å². The van der Waals surface area contributed by atoms with Crippen molar-refractivity contribution in [1.82, 2.24) is 0 Å². The number of aromatic hydroxyl groups is 2. The van der Waals surface area contributed by atoms with E-state index in [0.29, 0.717) is 0 Å². The van der Waals surface area contributed by atoms with Gasteiger partial charge in [-0.05, 0) is 40.7 Å². The van der Waals surface area contributed by atoms with Crippen LogP contribution in [0.25, 0.3) is 22.3 Å². The maximum atomic E-state index is 12.3. The zero-order valence-electron chi connectivity index (χ0n) is 11.4. The van der Waals surface area contributed by atoms with Crippen molar-refractivity contribution in [3.63, 3.8) is 0 Å². The Morgan fingerprint density at radius 3 is 2.39 bits per heavy atom. The van der Waals surface area contributed by atoms with Crippen LogP contribution in [0.1, 0.15) is 0 Å². The van der Waals surface area contributed by atoms with Gasteiger partial charge in [0, 0.05) is 5.56 Å². The Kier molecular flexibility index (Phi) is 3.34. The smallest absolute Gasteiger partial charge is 0.237 e. The predicted molar refractivity (Wildman–Crippen MR) is 82.2 cm³/mol. The van der Waals surface area contributed by atoms with Gasteiger partial charge in [-0.3, -0.25) is 4.79 Å². The molecule has 0 aliphatic carbocycles. The topological polar surface area (TPSA) is 130 Å². The molecule has 23 heavy (non-hydrogen) atoms. The SMILES string of the molecule is O=Nc1cc(-c2oc3cccc(N=O)c3c(=O)c2O)ccc1O. The van der Waals surface area contributed by atoms with Gasteiger partial charge in [0.15, 0.2) is 5.76 Å². The van der Waals surface area contributed by atoms with Gasteiger partial charge in [0.05, 0.1) is 5.39 Å². The Hall–Kier alpha value is -3.55.